The van der Waals surface area contributed by atoms with Gasteiger partial charge in [-0.25, -0.2) is 0 Å². The molecule has 0 saturated carbocycles. The number of likely N-dealkylation sites (N-methyl/N-ethyl adjacent to an activating group) is 1. The van der Waals surface area contributed by atoms with Crippen molar-refractivity contribution < 1.29 is 53.0 Å². The van der Waals surface area contributed by atoms with Crippen LogP contribution in [-0.2, 0) is 42.8 Å². The summed E-state index contributed by atoms with van der Waals surface area (Å²) in [5.41, 5.74) is -2.52. The van der Waals surface area contributed by atoms with E-state index in [1.165, 1.54) is 6.92 Å². The zero-order valence-electron chi connectivity index (χ0n) is 33.9. The van der Waals surface area contributed by atoms with Gasteiger partial charge in [0.15, 0.2) is 18.7 Å². The van der Waals surface area contributed by atoms with E-state index in [-0.39, 0.29) is 42.7 Å². The number of nitrogens with one attached hydrogen (secondary N) is 1. The quantitative estimate of drug-likeness (QED) is 0.258. The average molecular weight is 754 g/mol. The van der Waals surface area contributed by atoms with E-state index < -0.39 is 84.1 Å². The third-order valence-corrected chi connectivity index (χ3v) is 11.9. The van der Waals surface area contributed by atoms with Crippen molar-refractivity contribution in [2.24, 2.45) is 23.7 Å². The maximum atomic E-state index is 14.3. The highest BCUT2D eigenvalue weighted by atomic mass is 16.7. The van der Waals surface area contributed by atoms with Crippen LogP contribution in [0.4, 0.5) is 0 Å². The number of carbonyl (C=O) groups excluding carboxylic acids is 3. The van der Waals surface area contributed by atoms with Crippen molar-refractivity contribution >= 4 is 17.8 Å². The minimum Gasteiger partial charge on any atom is -0.457 e. The fourth-order valence-electron chi connectivity index (χ4n) is 9.10. The number of aliphatic hydroxyl groups excluding tert-OH is 1. The highest BCUT2D eigenvalue weighted by Crippen LogP contribution is 2.40. The monoisotopic (exact) mass is 753 g/mol. The standard InChI is InChI=1S/C39H67N3O11/c1-21-18-38(7,47)33(53-37-31(44)29(41(9)10)17-22(2)49-37)23(3)32(52-30-19-39(8,48-12)34(25(5)50-30)51-26(6)43)24(4)35(45)40-28-16-14-13-15-27(28)36(46)42(11)20-21/h13-14,21-25,27-34,37,44,47H,15-20H2,1-12H3,(H,40,45)/t21-,22-,23+,24?,25+,27-,28+,29+,30+,31-,32+,33-,34+,37+,38-,39-/m1/s1. The van der Waals surface area contributed by atoms with Crippen LogP contribution in [0.25, 0.3) is 0 Å². The molecule has 0 spiro atoms. The fraction of sp³-hybridized carbons (Fsp3) is 0.872. The Balaban J connectivity index is 1.78. The Bertz CT molecular complexity index is 1300. The average Bonchev–Trinajstić information content (AvgIpc) is 3.07. The number of amides is 2. The van der Waals surface area contributed by atoms with Gasteiger partial charge in [-0.1, -0.05) is 32.9 Å². The summed E-state index contributed by atoms with van der Waals surface area (Å²) in [6, 6.07) is -0.680. The van der Waals surface area contributed by atoms with Gasteiger partial charge in [-0.2, -0.15) is 0 Å². The molecule has 4 rings (SSSR count). The molecular formula is C39H67N3O11. The van der Waals surface area contributed by atoms with Crippen molar-refractivity contribution in [3.05, 3.63) is 12.2 Å². The Labute approximate surface area is 316 Å². The predicted molar refractivity (Wildman–Crippen MR) is 196 cm³/mol. The van der Waals surface area contributed by atoms with Gasteiger partial charge in [-0.05, 0) is 73.4 Å². The van der Waals surface area contributed by atoms with Gasteiger partial charge < -0.3 is 53.8 Å². The van der Waals surface area contributed by atoms with Gasteiger partial charge in [0.1, 0.15) is 11.7 Å². The summed E-state index contributed by atoms with van der Waals surface area (Å²) in [4.78, 5) is 43.8. The molecule has 3 fully saturated rings. The Morgan fingerprint density at radius 2 is 1.68 bits per heavy atom. The van der Waals surface area contributed by atoms with Gasteiger partial charge in [0, 0.05) is 52.0 Å². The lowest BCUT2D eigenvalue weighted by Gasteiger charge is -2.49. The van der Waals surface area contributed by atoms with E-state index in [0.29, 0.717) is 25.8 Å². The molecule has 14 nitrogen and oxygen atoms in total. The zero-order chi connectivity index (χ0) is 39.6. The summed E-state index contributed by atoms with van der Waals surface area (Å²) in [6.45, 7) is 14.6. The van der Waals surface area contributed by atoms with Crippen molar-refractivity contribution in [3.63, 3.8) is 0 Å². The van der Waals surface area contributed by atoms with Crippen molar-refractivity contribution in [1.82, 2.24) is 15.1 Å². The van der Waals surface area contributed by atoms with Gasteiger partial charge in [-0.15, -0.1) is 0 Å². The number of hydrogen-bond donors (Lipinski definition) is 3. The minimum atomic E-state index is -1.54. The molecular weight excluding hydrogens is 686 g/mol. The molecule has 4 aliphatic rings. The summed E-state index contributed by atoms with van der Waals surface area (Å²) in [7, 11) is 7.09. The van der Waals surface area contributed by atoms with Gasteiger partial charge in [0.25, 0.3) is 0 Å². The SMILES string of the molecule is CO[C@]1(C)C[C@H](O[C@@H]2C(C)C(=O)N[C@H]3CC=CC[C@H]3C(=O)N(C)C[C@H](C)C[C@@](C)(O)[C@H](O[C@@H]3O[C@H](C)C[C@H](N(C)C)[C@H]3O)[C@H]2C)O[C@@H](C)[C@@H]1OC(C)=O. The van der Waals surface area contributed by atoms with E-state index in [1.807, 2.05) is 58.8 Å². The van der Waals surface area contributed by atoms with Crippen LogP contribution in [0.1, 0.15) is 87.5 Å². The first-order valence-electron chi connectivity index (χ1n) is 19.3. The summed E-state index contributed by atoms with van der Waals surface area (Å²) in [5.74, 6) is -2.95. The second-order valence-electron chi connectivity index (χ2n) is 16.9. The molecule has 0 aromatic heterocycles. The molecule has 0 bridgehead atoms. The first kappa shape index (κ1) is 43.6. The first-order chi connectivity index (χ1) is 24.7. The van der Waals surface area contributed by atoms with Crippen LogP contribution in [0, 0.1) is 23.7 Å². The fourth-order valence-corrected chi connectivity index (χ4v) is 9.10. The molecule has 304 valence electrons. The van der Waals surface area contributed by atoms with E-state index >= 15 is 0 Å². The zero-order valence-corrected chi connectivity index (χ0v) is 33.9. The van der Waals surface area contributed by atoms with Gasteiger partial charge >= 0.3 is 5.97 Å². The van der Waals surface area contributed by atoms with Crippen molar-refractivity contribution in [1.29, 1.82) is 0 Å². The number of carbonyl (C=O) groups is 3. The Kier molecular flexibility index (Phi) is 14.6. The Morgan fingerprint density at radius 3 is 2.30 bits per heavy atom. The smallest absolute Gasteiger partial charge is 0.303 e. The van der Waals surface area contributed by atoms with E-state index in [0.717, 1.165) is 0 Å². The van der Waals surface area contributed by atoms with Crippen molar-refractivity contribution in [2.45, 2.75) is 160 Å². The summed E-state index contributed by atoms with van der Waals surface area (Å²) >= 11 is 0. The summed E-state index contributed by atoms with van der Waals surface area (Å²) < 4.78 is 37.7. The number of fused-ring (bicyclic) bond motifs is 1. The number of rotatable bonds is 7. The maximum absolute atomic E-state index is 14.3. The molecule has 3 aliphatic heterocycles. The van der Waals surface area contributed by atoms with Crippen LogP contribution >= 0.6 is 0 Å². The molecule has 3 heterocycles. The largest absolute Gasteiger partial charge is 0.457 e. The van der Waals surface area contributed by atoms with Gasteiger partial charge in [0.2, 0.25) is 11.8 Å². The number of hydrogen-bond acceptors (Lipinski definition) is 12. The van der Waals surface area contributed by atoms with E-state index in [9.17, 15) is 24.6 Å². The summed E-state index contributed by atoms with van der Waals surface area (Å²) in [6.07, 6.45) is -0.539. The molecule has 1 unspecified atom stereocenters. The molecule has 3 saturated heterocycles. The highest BCUT2D eigenvalue weighted by Gasteiger charge is 2.52. The third kappa shape index (κ3) is 10.2. The highest BCUT2D eigenvalue weighted by molar-refractivity contribution is 5.83. The molecule has 14 heteroatoms. The molecule has 1 aliphatic carbocycles. The van der Waals surface area contributed by atoms with E-state index in [1.54, 1.807) is 39.8 Å². The van der Waals surface area contributed by atoms with Crippen LogP contribution in [-0.4, -0.2) is 145 Å². The number of ether oxygens (including phenoxy) is 6. The molecule has 53 heavy (non-hydrogen) atoms. The molecule has 16 atom stereocenters. The first-order valence-corrected chi connectivity index (χ1v) is 19.3. The number of methoxy groups -OCH3 is 1. The van der Waals surface area contributed by atoms with Crippen molar-refractivity contribution in [3.8, 4) is 0 Å². The number of nitrogens with zero attached hydrogens (tertiary/aromatic N) is 2. The lowest BCUT2D eigenvalue weighted by atomic mass is 9.77. The number of aliphatic hydroxyl groups is 2. The second-order valence-corrected chi connectivity index (χ2v) is 16.9. The topological polar surface area (TPSA) is 166 Å². The Hall–Kier alpha value is -2.17. The number of esters is 1. The van der Waals surface area contributed by atoms with E-state index in [4.69, 9.17) is 28.4 Å². The summed E-state index contributed by atoms with van der Waals surface area (Å²) in [5, 5.41) is 27.2. The molecule has 3 N–H and O–H groups in total. The van der Waals surface area contributed by atoms with Crippen LogP contribution in [0.15, 0.2) is 12.2 Å². The lowest BCUT2D eigenvalue weighted by Crippen LogP contribution is -2.61. The second kappa shape index (κ2) is 17.7. The van der Waals surface area contributed by atoms with Crippen LogP contribution in [0.2, 0.25) is 0 Å². The van der Waals surface area contributed by atoms with Crippen molar-refractivity contribution in [2.75, 3.05) is 34.8 Å². The predicted octanol–water partition coefficient (Wildman–Crippen LogP) is 2.63. The molecule has 0 aromatic rings. The normalized spacial score (nSPS) is 44.9. The van der Waals surface area contributed by atoms with Crippen LogP contribution in [0.5, 0.6) is 0 Å². The van der Waals surface area contributed by atoms with Gasteiger partial charge in [-0.3, -0.25) is 14.4 Å². The number of allylic oxidation sites excluding steroid dienone is 1. The van der Waals surface area contributed by atoms with Crippen LogP contribution in [0.3, 0.4) is 0 Å². The molecule has 2 amide bonds. The maximum Gasteiger partial charge on any atom is 0.303 e. The van der Waals surface area contributed by atoms with Gasteiger partial charge in [0.05, 0.1) is 41.9 Å². The molecule has 0 aromatic carbocycles. The van der Waals surface area contributed by atoms with E-state index in [2.05, 4.69) is 5.32 Å². The third-order valence-electron chi connectivity index (χ3n) is 11.9. The minimum absolute atomic E-state index is 0.0713. The van der Waals surface area contributed by atoms with Crippen LogP contribution < -0.4 is 5.32 Å². The lowest BCUT2D eigenvalue weighted by molar-refractivity contribution is -0.318. The Morgan fingerprint density at radius 1 is 1.02 bits per heavy atom. The molecule has 0 radical (unpaired) electrons.